The van der Waals surface area contributed by atoms with E-state index in [1.807, 2.05) is 0 Å². The van der Waals surface area contributed by atoms with Gasteiger partial charge in [-0.1, -0.05) is 13.8 Å². The quantitative estimate of drug-likeness (QED) is 0.787. The Morgan fingerprint density at radius 1 is 1.26 bits per heavy atom. The number of rotatable bonds is 3. The predicted molar refractivity (Wildman–Crippen MR) is 77.1 cm³/mol. The largest absolute Gasteiger partial charge is 0.373 e. The van der Waals surface area contributed by atoms with Gasteiger partial charge >= 0.3 is 0 Å². The van der Waals surface area contributed by atoms with E-state index in [0.717, 1.165) is 44.8 Å². The monoisotopic (exact) mass is 267 g/mol. The van der Waals surface area contributed by atoms with Crippen LogP contribution in [0.3, 0.4) is 0 Å². The van der Waals surface area contributed by atoms with E-state index in [-0.39, 0.29) is 5.92 Å². The summed E-state index contributed by atoms with van der Waals surface area (Å²) >= 11 is 0. The van der Waals surface area contributed by atoms with E-state index >= 15 is 0 Å². The Labute approximate surface area is 117 Å². The number of carbonyl (C=O) groups is 1. The Balaban J connectivity index is 1.91. The summed E-state index contributed by atoms with van der Waals surface area (Å²) in [5.41, 5.74) is 0. The topological polar surface area (TPSA) is 29.5 Å². The maximum absolute atomic E-state index is 12.1. The number of morpholine rings is 1. The Morgan fingerprint density at radius 2 is 1.89 bits per heavy atom. The third kappa shape index (κ3) is 4.03. The summed E-state index contributed by atoms with van der Waals surface area (Å²) < 4.78 is 5.77. The standard InChI is InChI=1S/C16H29NO2/c1-11(2)14-5-6-16(18)15(7-14)10-17-8-12(3)19-13(4)9-17/h11-15H,5-10H2,1-4H3/t12-,13+,14?,15?. The van der Waals surface area contributed by atoms with Gasteiger partial charge in [0.05, 0.1) is 12.2 Å². The second-order valence-corrected chi connectivity index (χ2v) is 6.92. The van der Waals surface area contributed by atoms with Crippen molar-refractivity contribution in [1.29, 1.82) is 0 Å². The fraction of sp³-hybridized carbons (Fsp3) is 0.938. The molecule has 2 aliphatic rings. The number of nitrogens with zero attached hydrogens (tertiary/aromatic N) is 1. The highest BCUT2D eigenvalue weighted by Crippen LogP contribution is 2.32. The molecule has 0 amide bonds. The highest BCUT2D eigenvalue weighted by atomic mass is 16.5. The lowest BCUT2D eigenvalue weighted by Crippen LogP contribution is -2.48. The van der Waals surface area contributed by atoms with Gasteiger partial charge in [0.2, 0.25) is 0 Å². The van der Waals surface area contributed by atoms with E-state index in [4.69, 9.17) is 4.74 Å². The third-order valence-electron chi connectivity index (χ3n) is 4.72. The number of ether oxygens (including phenoxy) is 1. The summed E-state index contributed by atoms with van der Waals surface area (Å²) in [7, 11) is 0. The molecule has 2 fully saturated rings. The molecule has 3 heteroatoms. The van der Waals surface area contributed by atoms with E-state index in [2.05, 4.69) is 32.6 Å². The van der Waals surface area contributed by atoms with Crippen LogP contribution in [0.1, 0.15) is 47.0 Å². The van der Waals surface area contributed by atoms with Crippen LogP contribution in [0.2, 0.25) is 0 Å². The predicted octanol–water partition coefficient (Wildman–Crippen LogP) is 2.74. The fourth-order valence-corrected chi connectivity index (χ4v) is 3.67. The van der Waals surface area contributed by atoms with Gasteiger partial charge in [-0.3, -0.25) is 9.69 Å². The van der Waals surface area contributed by atoms with Crippen LogP contribution in [0, 0.1) is 17.8 Å². The van der Waals surface area contributed by atoms with Gasteiger partial charge in [-0.25, -0.2) is 0 Å². The Kier molecular flexibility index (Phi) is 5.02. The highest BCUT2D eigenvalue weighted by Gasteiger charge is 2.33. The first-order valence-electron chi connectivity index (χ1n) is 7.86. The molecule has 1 aliphatic carbocycles. The van der Waals surface area contributed by atoms with E-state index in [0.29, 0.717) is 23.9 Å². The summed E-state index contributed by atoms with van der Waals surface area (Å²) in [6, 6.07) is 0. The van der Waals surface area contributed by atoms with Gasteiger partial charge in [-0.2, -0.15) is 0 Å². The number of carbonyl (C=O) groups excluding carboxylic acids is 1. The molecular weight excluding hydrogens is 238 g/mol. The zero-order valence-electron chi connectivity index (χ0n) is 12.9. The first kappa shape index (κ1) is 15.0. The Hall–Kier alpha value is -0.410. The Bertz CT molecular complexity index is 306. The van der Waals surface area contributed by atoms with Gasteiger partial charge < -0.3 is 4.74 Å². The van der Waals surface area contributed by atoms with Crippen molar-refractivity contribution in [3.63, 3.8) is 0 Å². The second kappa shape index (κ2) is 6.36. The van der Waals surface area contributed by atoms with Crippen molar-refractivity contribution in [2.45, 2.75) is 59.2 Å². The maximum Gasteiger partial charge on any atom is 0.137 e. The lowest BCUT2D eigenvalue weighted by molar-refractivity contribution is -0.128. The number of ketones is 1. The van der Waals surface area contributed by atoms with E-state index in [1.165, 1.54) is 0 Å². The summed E-state index contributed by atoms with van der Waals surface area (Å²) in [6.45, 7) is 11.7. The van der Waals surface area contributed by atoms with Gasteiger partial charge in [0, 0.05) is 32.0 Å². The molecule has 1 aliphatic heterocycles. The molecular formula is C16H29NO2. The van der Waals surface area contributed by atoms with Gasteiger partial charge in [0.15, 0.2) is 0 Å². The summed E-state index contributed by atoms with van der Waals surface area (Å²) in [5, 5.41) is 0. The molecule has 0 radical (unpaired) electrons. The average molecular weight is 267 g/mol. The maximum atomic E-state index is 12.1. The zero-order valence-corrected chi connectivity index (χ0v) is 12.9. The van der Waals surface area contributed by atoms with Gasteiger partial charge in [0.25, 0.3) is 0 Å². The molecule has 0 spiro atoms. The van der Waals surface area contributed by atoms with Crippen molar-refractivity contribution in [3.8, 4) is 0 Å². The summed E-state index contributed by atoms with van der Waals surface area (Å²) in [5.74, 6) is 2.19. The summed E-state index contributed by atoms with van der Waals surface area (Å²) in [6.07, 6.45) is 3.58. The summed E-state index contributed by atoms with van der Waals surface area (Å²) in [4.78, 5) is 14.6. The van der Waals surface area contributed by atoms with Crippen LogP contribution in [0.15, 0.2) is 0 Å². The van der Waals surface area contributed by atoms with E-state index in [9.17, 15) is 4.79 Å². The molecule has 0 N–H and O–H groups in total. The van der Waals surface area contributed by atoms with Crippen LogP contribution in [0.5, 0.6) is 0 Å². The molecule has 2 unspecified atom stereocenters. The van der Waals surface area contributed by atoms with Crippen molar-refractivity contribution >= 4 is 5.78 Å². The number of hydrogen-bond acceptors (Lipinski definition) is 3. The Morgan fingerprint density at radius 3 is 2.47 bits per heavy atom. The minimum Gasteiger partial charge on any atom is -0.373 e. The van der Waals surface area contributed by atoms with Crippen LogP contribution in [-0.4, -0.2) is 42.5 Å². The molecule has 2 rings (SSSR count). The zero-order chi connectivity index (χ0) is 14.0. The smallest absolute Gasteiger partial charge is 0.137 e. The highest BCUT2D eigenvalue weighted by molar-refractivity contribution is 5.82. The van der Waals surface area contributed by atoms with E-state index in [1.54, 1.807) is 0 Å². The van der Waals surface area contributed by atoms with Crippen molar-refractivity contribution in [3.05, 3.63) is 0 Å². The average Bonchev–Trinajstić information content (AvgIpc) is 2.30. The number of Topliss-reactive ketones (excluding diaryl/α,β-unsaturated/α-hetero) is 1. The van der Waals surface area contributed by atoms with Crippen molar-refractivity contribution < 1.29 is 9.53 Å². The second-order valence-electron chi connectivity index (χ2n) is 6.92. The van der Waals surface area contributed by atoms with Crippen LogP contribution in [-0.2, 0) is 9.53 Å². The lowest BCUT2D eigenvalue weighted by atomic mass is 9.75. The molecule has 4 atom stereocenters. The molecule has 19 heavy (non-hydrogen) atoms. The molecule has 1 saturated heterocycles. The molecule has 1 heterocycles. The molecule has 0 aromatic rings. The van der Waals surface area contributed by atoms with Crippen LogP contribution in [0.25, 0.3) is 0 Å². The SMILES string of the molecule is CC(C)C1CCC(=O)C(CN2C[C@@H](C)O[C@@H](C)C2)C1. The van der Waals surface area contributed by atoms with Gasteiger partial charge in [-0.15, -0.1) is 0 Å². The van der Waals surface area contributed by atoms with Crippen molar-refractivity contribution in [2.24, 2.45) is 17.8 Å². The van der Waals surface area contributed by atoms with Crippen LogP contribution < -0.4 is 0 Å². The fourth-order valence-electron chi connectivity index (χ4n) is 3.67. The van der Waals surface area contributed by atoms with Crippen molar-refractivity contribution in [2.75, 3.05) is 19.6 Å². The third-order valence-corrected chi connectivity index (χ3v) is 4.72. The van der Waals surface area contributed by atoms with E-state index < -0.39 is 0 Å². The molecule has 3 nitrogen and oxygen atoms in total. The molecule has 1 saturated carbocycles. The molecule has 0 bridgehead atoms. The first-order valence-corrected chi connectivity index (χ1v) is 7.86. The van der Waals surface area contributed by atoms with Gasteiger partial charge in [0.1, 0.15) is 5.78 Å². The van der Waals surface area contributed by atoms with Crippen LogP contribution >= 0.6 is 0 Å². The van der Waals surface area contributed by atoms with Crippen LogP contribution in [0.4, 0.5) is 0 Å². The van der Waals surface area contributed by atoms with Crippen molar-refractivity contribution in [1.82, 2.24) is 4.90 Å². The minimum atomic E-state index is 0.263. The lowest BCUT2D eigenvalue weighted by Gasteiger charge is -2.39. The molecule has 0 aromatic heterocycles. The molecule has 110 valence electrons. The minimum absolute atomic E-state index is 0.263. The van der Waals surface area contributed by atoms with Gasteiger partial charge in [-0.05, 0) is 38.5 Å². The molecule has 0 aromatic carbocycles. The number of hydrogen-bond donors (Lipinski definition) is 0. The first-order chi connectivity index (χ1) is 8.95. The normalized spacial score (nSPS) is 37.8.